The standard InChI is InChI=1S/C17H25N3/c1-6-20(7-2)17-15-10-13(5)8-9-14(15)16(11-18-17)19-12(3)4/h8-12,19H,6-7H2,1-5H3. The quantitative estimate of drug-likeness (QED) is 0.883. The summed E-state index contributed by atoms with van der Waals surface area (Å²) in [5.74, 6) is 1.09. The molecule has 0 saturated carbocycles. The number of hydrogen-bond acceptors (Lipinski definition) is 3. The highest BCUT2D eigenvalue weighted by Gasteiger charge is 2.12. The van der Waals surface area contributed by atoms with Crippen LogP contribution in [0.4, 0.5) is 11.5 Å². The fourth-order valence-corrected chi connectivity index (χ4v) is 2.54. The Bertz CT molecular complexity index is 586. The van der Waals surface area contributed by atoms with E-state index in [4.69, 9.17) is 4.98 Å². The number of pyridine rings is 1. The van der Waals surface area contributed by atoms with Crippen molar-refractivity contribution < 1.29 is 0 Å². The monoisotopic (exact) mass is 271 g/mol. The minimum atomic E-state index is 0.403. The third kappa shape index (κ3) is 2.87. The molecule has 0 unspecified atom stereocenters. The SMILES string of the molecule is CCN(CC)c1ncc(NC(C)C)c2ccc(C)cc12. The van der Waals surface area contributed by atoms with Crippen LogP contribution in [0.1, 0.15) is 33.3 Å². The van der Waals surface area contributed by atoms with Gasteiger partial charge in [-0.05, 0) is 40.7 Å². The molecule has 0 atom stereocenters. The first-order valence-corrected chi connectivity index (χ1v) is 7.47. The summed E-state index contributed by atoms with van der Waals surface area (Å²) in [6, 6.07) is 7.01. The van der Waals surface area contributed by atoms with Crippen LogP contribution in [-0.4, -0.2) is 24.1 Å². The molecular weight excluding hydrogens is 246 g/mol. The summed E-state index contributed by atoms with van der Waals surface area (Å²) in [5, 5.41) is 5.97. The number of anilines is 2. The van der Waals surface area contributed by atoms with Gasteiger partial charge in [0.2, 0.25) is 0 Å². The molecule has 0 bridgehead atoms. The second kappa shape index (κ2) is 6.12. The van der Waals surface area contributed by atoms with Gasteiger partial charge < -0.3 is 10.2 Å². The third-order valence-corrected chi connectivity index (χ3v) is 3.53. The van der Waals surface area contributed by atoms with Crippen molar-refractivity contribution in [3.8, 4) is 0 Å². The maximum atomic E-state index is 4.71. The molecule has 3 nitrogen and oxygen atoms in total. The van der Waals surface area contributed by atoms with Gasteiger partial charge in [0, 0.05) is 29.9 Å². The lowest BCUT2D eigenvalue weighted by Crippen LogP contribution is -2.23. The molecule has 0 aliphatic rings. The lowest BCUT2D eigenvalue weighted by atomic mass is 10.1. The normalized spacial score (nSPS) is 11.1. The fraction of sp³-hybridized carbons (Fsp3) is 0.471. The molecule has 0 spiro atoms. The highest BCUT2D eigenvalue weighted by molar-refractivity contribution is 6.00. The molecule has 3 heteroatoms. The van der Waals surface area contributed by atoms with Gasteiger partial charge in [0.25, 0.3) is 0 Å². The number of aryl methyl sites for hydroxylation is 1. The van der Waals surface area contributed by atoms with Gasteiger partial charge >= 0.3 is 0 Å². The largest absolute Gasteiger partial charge is 0.381 e. The van der Waals surface area contributed by atoms with Crippen molar-refractivity contribution in [2.75, 3.05) is 23.3 Å². The van der Waals surface area contributed by atoms with Crippen LogP contribution < -0.4 is 10.2 Å². The third-order valence-electron chi connectivity index (χ3n) is 3.53. The van der Waals surface area contributed by atoms with Crippen molar-refractivity contribution in [1.82, 2.24) is 4.98 Å². The summed E-state index contributed by atoms with van der Waals surface area (Å²) in [5.41, 5.74) is 2.39. The van der Waals surface area contributed by atoms with Crippen LogP contribution in [0.25, 0.3) is 10.8 Å². The predicted molar refractivity (Wildman–Crippen MR) is 88.8 cm³/mol. The average molecular weight is 271 g/mol. The molecule has 0 amide bonds. The van der Waals surface area contributed by atoms with E-state index in [0.29, 0.717) is 6.04 Å². The van der Waals surface area contributed by atoms with Gasteiger partial charge in [-0.25, -0.2) is 4.98 Å². The van der Waals surface area contributed by atoms with E-state index in [1.165, 1.54) is 16.3 Å². The molecular formula is C17H25N3. The summed E-state index contributed by atoms with van der Waals surface area (Å²) in [6.45, 7) is 12.7. The number of nitrogens with zero attached hydrogens (tertiary/aromatic N) is 2. The van der Waals surface area contributed by atoms with E-state index >= 15 is 0 Å². The minimum absolute atomic E-state index is 0.403. The molecule has 1 N–H and O–H groups in total. The van der Waals surface area contributed by atoms with Crippen LogP contribution >= 0.6 is 0 Å². The average Bonchev–Trinajstić information content (AvgIpc) is 2.41. The summed E-state index contributed by atoms with van der Waals surface area (Å²) in [4.78, 5) is 7.01. The lowest BCUT2D eigenvalue weighted by Gasteiger charge is -2.23. The van der Waals surface area contributed by atoms with E-state index in [2.05, 4.69) is 63.0 Å². The first kappa shape index (κ1) is 14.6. The molecule has 0 radical (unpaired) electrons. The van der Waals surface area contributed by atoms with E-state index in [1.54, 1.807) is 0 Å². The van der Waals surface area contributed by atoms with Crippen LogP contribution in [0.2, 0.25) is 0 Å². The second-order valence-electron chi connectivity index (χ2n) is 5.52. The van der Waals surface area contributed by atoms with Crippen LogP contribution in [0, 0.1) is 6.92 Å². The van der Waals surface area contributed by atoms with E-state index in [1.807, 2.05) is 6.20 Å². The summed E-state index contributed by atoms with van der Waals surface area (Å²) >= 11 is 0. The van der Waals surface area contributed by atoms with E-state index in [-0.39, 0.29) is 0 Å². The van der Waals surface area contributed by atoms with Crippen LogP contribution in [0.15, 0.2) is 24.4 Å². The van der Waals surface area contributed by atoms with Crippen molar-refractivity contribution in [1.29, 1.82) is 0 Å². The molecule has 1 aromatic heterocycles. The zero-order valence-corrected chi connectivity index (χ0v) is 13.2. The van der Waals surface area contributed by atoms with Gasteiger partial charge in [0.1, 0.15) is 5.82 Å². The van der Waals surface area contributed by atoms with E-state index in [0.717, 1.165) is 24.6 Å². The molecule has 2 rings (SSSR count). The molecule has 0 aliphatic heterocycles. The lowest BCUT2D eigenvalue weighted by molar-refractivity contribution is 0.850. The first-order valence-electron chi connectivity index (χ1n) is 7.47. The maximum absolute atomic E-state index is 4.71. The zero-order valence-electron chi connectivity index (χ0n) is 13.2. The zero-order chi connectivity index (χ0) is 14.7. The highest BCUT2D eigenvalue weighted by Crippen LogP contribution is 2.31. The Morgan fingerprint density at radius 1 is 1.15 bits per heavy atom. The van der Waals surface area contributed by atoms with Crippen LogP contribution in [0.3, 0.4) is 0 Å². The van der Waals surface area contributed by atoms with E-state index in [9.17, 15) is 0 Å². The summed E-state index contributed by atoms with van der Waals surface area (Å²) in [6.07, 6.45) is 1.96. The Balaban J connectivity index is 2.64. The molecule has 2 aromatic rings. The molecule has 1 aromatic carbocycles. The van der Waals surface area contributed by atoms with Gasteiger partial charge in [0.15, 0.2) is 0 Å². The van der Waals surface area contributed by atoms with Gasteiger partial charge in [-0.2, -0.15) is 0 Å². The van der Waals surface area contributed by atoms with Gasteiger partial charge in [-0.1, -0.05) is 17.7 Å². The smallest absolute Gasteiger partial charge is 0.136 e. The van der Waals surface area contributed by atoms with Gasteiger partial charge in [0.05, 0.1) is 11.9 Å². The molecule has 0 fully saturated rings. The van der Waals surface area contributed by atoms with Crippen LogP contribution in [0.5, 0.6) is 0 Å². The van der Waals surface area contributed by atoms with Gasteiger partial charge in [-0.3, -0.25) is 0 Å². The topological polar surface area (TPSA) is 28.2 Å². The number of hydrogen-bond donors (Lipinski definition) is 1. The Morgan fingerprint density at radius 3 is 2.45 bits per heavy atom. The van der Waals surface area contributed by atoms with Crippen LogP contribution in [-0.2, 0) is 0 Å². The van der Waals surface area contributed by atoms with Gasteiger partial charge in [-0.15, -0.1) is 0 Å². The molecule has 0 saturated heterocycles. The van der Waals surface area contributed by atoms with Crippen molar-refractivity contribution in [3.63, 3.8) is 0 Å². The predicted octanol–water partition coefficient (Wildman–Crippen LogP) is 4.21. The maximum Gasteiger partial charge on any atom is 0.136 e. The molecule has 20 heavy (non-hydrogen) atoms. The van der Waals surface area contributed by atoms with Crippen molar-refractivity contribution >= 4 is 22.3 Å². The number of fused-ring (bicyclic) bond motifs is 1. The number of benzene rings is 1. The number of aromatic nitrogens is 1. The Labute approximate surface area is 122 Å². The number of rotatable bonds is 5. The highest BCUT2D eigenvalue weighted by atomic mass is 15.2. The molecule has 1 heterocycles. The second-order valence-corrected chi connectivity index (χ2v) is 5.52. The summed E-state index contributed by atoms with van der Waals surface area (Å²) < 4.78 is 0. The van der Waals surface area contributed by atoms with Crippen molar-refractivity contribution in [2.24, 2.45) is 0 Å². The first-order chi connectivity index (χ1) is 9.56. The van der Waals surface area contributed by atoms with Crippen molar-refractivity contribution in [2.45, 2.75) is 40.7 Å². The minimum Gasteiger partial charge on any atom is -0.381 e. The van der Waals surface area contributed by atoms with E-state index < -0.39 is 0 Å². The molecule has 108 valence electrons. The Kier molecular flexibility index (Phi) is 4.48. The number of nitrogens with one attached hydrogen (secondary N) is 1. The summed E-state index contributed by atoms with van der Waals surface area (Å²) in [7, 11) is 0. The van der Waals surface area contributed by atoms with Crippen molar-refractivity contribution in [3.05, 3.63) is 30.0 Å². The molecule has 0 aliphatic carbocycles. The Hall–Kier alpha value is -1.77. The fourth-order valence-electron chi connectivity index (χ4n) is 2.54. The Morgan fingerprint density at radius 2 is 1.85 bits per heavy atom.